The van der Waals surface area contributed by atoms with E-state index >= 15 is 0 Å². The Bertz CT molecular complexity index is 477. The van der Waals surface area contributed by atoms with Crippen LogP contribution in [-0.4, -0.2) is 31.7 Å². The Morgan fingerprint density at radius 3 is 2.37 bits per heavy atom. The Morgan fingerprint density at radius 1 is 1.32 bits per heavy atom. The summed E-state index contributed by atoms with van der Waals surface area (Å²) < 4.78 is 10.3. The van der Waals surface area contributed by atoms with Gasteiger partial charge in [-0.15, -0.1) is 0 Å². The Kier molecular flexibility index (Phi) is 3.85. The van der Waals surface area contributed by atoms with E-state index in [4.69, 9.17) is 9.47 Å². The van der Waals surface area contributed by atoms with Gasteiger partial charge in [0.2, 0.25) is 5.91 Å². The number of ether oxygens (including phenoxy) is 2. The Labute approximate surface area is 111 Å². The molecule has 5 nitrogen and oxygen atoms in total. The molecule has 0 radical (unpaired) electrons. The zero-order valence-electron chi connectivity index (χ0n) is 11.1. The molecule has 2 rings (SSSR count). The third kappa shape index (κ3) is 2.61. The number of carbonyl (C=O) groups excluding carboxylic acids is 2. The van der Waals surface area contributed by atoms with E-state index < -0.39 is 5.41 Å². The number of hydrogen-bond donors (Lipinski definition) is 1. The molecule has 1 heterocycles. The van der Waals surface area contributed by atoms with Crippen LogP contribution >= 0.6 is 0 Å². The lowest BCUT2D eigenvalue weighted by molar-refractivity contribution is -0.169. The molecular weight excluding hydrogens is 246 g/mol. The van der Waals surface area contributed by atoms with E-state index in [1.165, 1.54) is 6.92 Å². The predicted octanol–water partition coefficient (Wildman–Crippen LogP) is 1.48. The molecule has 0 atom stereocenters. The summed E-state index contributed by atoms with van der Waals surface area (Å²) >= 11 is 0. The maximum atomic E-state index is 12.0. The summed E-state index contributed by atoms with van der Waals surface area (Å²) in [5.74, 6) is -0.381. The molecular formula is C14H17NO4. The Balaban J connectivity index is 2.19. The first kappa shape index (κ1) is 13.5. The van der Waals surface area contributed by atoms with E-state index in [0.29, 0.717) is 25.5 Å². The fourth-order valence-corrected chi connectivity index (χ4v) is 2.05. The predicted molar refractivity (Wildman–Crippen MR) is 69.9 cm³/mol. The van der Waals surface area contributed by atoms with Crippen LogP contribution in [0.25, 0.3) is 0 Å². The van der Waals surface area contributed by atoms with Crippen molar-refractivity contribution in [2.45, 2.75) is 19.3 Å². The monoisotopic (exact) mass is 263 g/mol. The molecule has 1 amide bonds. The number of hydrogen-bond acceptors (Lipinski definition) is 4. The van der Waals surface area contributed by atoms with Crippen LogP contribution in [0.2, 0.25) is 0 Å². The van der Waals surface area contributed by atoms with Crippen molar-refractivity contribution >= 4 is 17.6 Å². The van der Waals surface area contributed by atoms with Crippen molar-refractivity contribution in [1.82, 2.24) is 0 Å². The van der Waals surface area contributed by atoms with Gasteiger partial charge in [-0.05, 0) is 24.6 Å². The second-order valence-corrected chi connectivity index (χ2v) is 4.55. The lowest BCUT2D eigenvalue weighted by atomic mass is 9.78. The molecule has 1 aromatic rings. The molecule has 0 unspecified atom stereocenters. The van der Waals surface area contributed by atoms with Gasteiger partial charge in [0.15, 0.2) is 0 Å². The molecule has 1 aromatic carbocycles. The molecule has 1 aliphatic rings. The van der Waals surface area contributed by atoms with Crippen molar-refractivity contribution in [1.29, 1.82) is 0 Å². The highest BCUT2D eigenvalue weighted by Gasteiger charge is 2.48. The zero-order chi connectivity index (χ0) is 13.9. The van der Waals surface area contributed by atoms with Crippen LogP contribution in [0.1, 0.15) is 19.4 Å². The number of amides is 1. The SMILES string of the molecule is CCOC(=O)C1(c2ccc(NC(C)=O)cc2)COC1. The van der Waals surface area contributed by atoms with Gasteiger partial charge in [-0.1, -0.05) is 12.1 Å². The lowest BCUT2D eigenvalue weighted by Crippen LogP contribution is -2.53. The topological polar surface area (TPSA) is 64.6 Å². The smallest absolute Gasteiger partial charge is 0.321 e. The highest BCUT2D eigenvalue weighted by atomic mass is 16.6. The number of anilines is 1. The van der Waals surface area contributed by atoms with Crippen LogP contribution in [0.4, 0.5) is 5.69 Å². The van der Waals surface area contributed by atoms with Crippen molar-refractivity contribution in [2.75, 3.05) is 25.1 Å². The van der Waals surface area contributed by atoms with Crippen LogP contribution in [0.15, 0.2) is 24.3 Å². The molecule has 0 aromatic heterocycles. The van der Waals surface area contributed by atoms with Crippen molar-refractivity contribution < 1.29 is 19.1 Å². The molecule has 0 spiro atoms. The van der Waals surface area contributed by atoms with Crippen LogP contribution in [-0.2, 0) is 24.5 Å². The van der Waals surface area contributed by atoms with Crippen LogP contribution in [0.3, 0.4) is 0 Å². The minimum absolute atomic E-state index is 0.125. The van der Waals surface area contributed by atoms with Gasteiger partial charge in [0.25, 0.3) is 0 Å². The summed E-state index contributed by atoms with van der Waals surface area (Å²) in [6.07, 6.45) is 0. The van der Waals surface area contributed by atoms with Crippen molar-refractivity contribution in [3.05, 3.63) is 29.8 Å². The molecule has 0 bridgehead atoms. The lowest BCUT2D eigenvalue weighted by Gasteiger charge is -2.39. The van der Waals surface area contributed by atoms with Gasteiger partial charge in [-0.25, -0.2) is 0 Å². The van der Waals surface area contributed by atoms with Crippen LogP contribution in [0, 0.1) is 0 Å². The van der Waals surface area contributed by atoms with Crippen molar-refractivity contribution in [3.8, 4) is 0 Å². The molecule has 102 valence electrons. The quantitative estimate of drug-likeness (QED) is 0.836. The molecule has 1 fully saturated rings. The number of carbonyl (C=O) groups is 2. The van der Waals surface area contributed by atoms with E-state index in [-0.39, 0.29) is 11.9 Å². The first-order valence-corrected chi connectivity index (χ1v) is 6.21. The van der Waals surface area contributed by atoms with Gasteiger partial charge < -0.3 is 14.8 Å². The van der Waals surface area contributed by atoms with Crippen LogP contribution in [0.5, 0.6) is 0 Å². The van der Waals surface area contributed by atoms with Gasteiger partial charge in [-0.2, -0.15) is 0 Å². The summed E-state index contributed by atoms with van der Waals surface area (Å²) in [4.78, 5) is 23.0. The fraction of sp³-hybridized carbons (Fsp3) is 0.429. The maximum absolute atomic E-state index is 12.0. The summed E-state index contributed by atoms with van der Waals surface area (Å²) in [6.45, 7) is 4.26. The Morgan fingerprint density at radius 2 is 1.95 bits per heavy atom. The number of rotatable bonds is 4. The minimum Gasteiger partial charge on any atom is -0.465 e. The summed E-state index contributed by atoms with van der Waals surface area (Å²) in [7, 11) is 0. The average molecular weight is 263 g/mol. The highest BCUT2D eigenvalue weighted by molar-refractivity contribution is 5.89. The van der Waals surface area contributed by atoms with Crippen molar-refractivity contribution in [3.63, 3.8) is 0 Å². The molecule has 0 aliphatic carbocycles. The molecule has 1 aliphatic heterocycles. The van der Waals surface area contributed by atoms with Gasteiger partial charge in [-0.3, -0.25) is 9.59 Å². The largest absolute Gasteiger partial charge is 0.465 e. The first-order chi connectivity index (χ1) is 9.08. The number of esters is 1. The maximum Gasteiger partial charge on any atom is 0.321 e. The third-order valence-electron chi connectivity index (χ3n) is 3.12. The van der Waals surface area contributed by atoms with Crippen molar-refractivity contribution in [2.24, 2.45) is 0 Å². The summed E-state index contributed by atoms with van der Waals surface area (Å²) in [5, 5.41) is 2.69. The third-order valence-corrected chi connectivity index (χ3v) is 3.12. The normalized spacial score (nSPS) is 16.3. The second kappa shape index (κ2) is 5.40. The molecule has 1 saturated heterocycles. The van der Waals surface area contributed by atoms with E-state index in [2.05, 4.69) is 5.32 Å². The number of benzene rings is 1. The number of nitrogens with one attached hydrogen (secondary N) is 1. The minimum atomic E-state index is -0.690. The van der Waals surface area contributed by atoms with Gasteiger partial charge >= 0.3 is 5.97 Å². The second-order valence-electron chi connectivity index (χ2n) is 4.55. The molecule has 5 heteroatoms. The Hall–Kier alpha value is -1.88. The van der Waals surface area contributed by atoms with Gasteiger partial charge in [0.05, 0.1) is 19.8 Å². The van der Waals surface area contributed by atoms with E-state index in [0.717, 1.165) is 5.56 Å². The van der Waals surface area contributed by atoms with E-state index in [9.17, 15) is 9.59 Å². The van der Waals surface area contributed by atoms with E-state index in [1.807, 2.05) is 12.1 Å². The molecule has 0 saturated carbocycles. The summed E-state index contributed by atoms with van der Waals surface area (Å²) in [6, 6.07) is 7.20. The van der Waals surface area contributed by atoms with Gasteiger partial charge in [0.1, 0.15) is 5.41 Å². The van der Waals surface area contributed by atoms with Crippen LogP contribution < -0.4 is 5.32 Å². The molecule has 19 heavy (non-hydrogen) atoms. The molecule has 1 N–H and O–H groups in total. The fourth-order valence-electron chi connectivity index (χ4n) is 2.05. The average Bonchev–Trinajstić information content (AvgIpc) is 2.29. The first-order valence-electron chi connectivity index (χ1n) is 6.21. The standard InChI is InChI=1S/C14H17NO4/c1-3-19-13(17)14(8-18-9-14)11-4-6-12(7-5-11)15-10(2)16/h4-7H,3,8-9H2,1-2H3,(H,15,16). The van der Waals surface area contributed by atoms with Gasteiger partial charge in [0, 0.05) is 12.6 Å². The summed E-state index contributed by atoms with van der Waals surface area (Å²) in [5.41, 5.74) is 0.868. The highest BCUT2D eigenvalue weighted by Crippen LogP contribution is 2.34. The zero-order valence-corrected chi connectivity index (χ0v) is 11.1. The van der Waals surface area contributed by atoms with E-state index in [1.54, 1.807) is 19.1 Å².